The lowest BCUT2D eigenvalue weighted by Gasteiger charge is -2.33. The van der Waals surface area contributed by atoms with Gasteiger partial charge in [-0.3, -0.25) is 0 Å². The molecule has 3 N–H and O–H groups in total. The molecule has 1 aliphatic heterocycles. The van der Waals surface area contributed by atoms with Crippen molar-refractivity contribution in [3.63, 3.8) is 0 Å². The highest BCUT2D eigenvalue weighted by molar-refractivity contribution is 5.77. The van der Waals surface area contributed by atoms with Crippen molar-refractivity contribution in [3.05, 3.63) is 23.9 Å². The molecular weight excluding hydrogens is 288 g/mol. The van der Waals surface area contributed by atoms with E-state index in [0.717, 1.165) is 50.5 Å². The largest absolute Gasteiger partial charge is 0.370 e. The Hall–Kier alpha value is -1.82. The number of rotatable bonds is 6. The van der Waals surface area contributed by atoms with Crippen LogP contribution in [0.5, 0.6) is 0 Å². The highest BCUT2D eigenvalue weighted by Crippen LogP contribution is 2.13. The smallest absolute Gasteiger partial charge is 0.188 e. The first-order valence-electron chi connectivity index (χ1n) is 8.47. The Morgan fingerprint density at radius 1 is 1.30 bits per heavy atom. The fraction of sp³-hybridized carbons (Fsp3) is 0.647. The van der Waals surface area contributed by atoms with Crippen LogP contribution in [0.25, 0.3) is 0 Å². The zero-order valence-electron chi connectivity index (χ0n) is 14.6. The Morgan fingerprint density at radius 3 is 2.65 bits per heavy atom. The lowest BCUT2D eigenvalue weighted by atomic mass is 10.1. The molecule has 6 nitrogen and oxygen atoms in total. The van der Waals surface area contributed by atoms with Crippen molar-refractivity contribution in [3.8, 4) is 0 Å². The first-order chi connectivity index (χ1) is 11.0. The summed E-state index contributed by atoms with van der Waals surface area (Å²) in [5.74, 6) is 2.23. The number of guanidine groups is 1. The molecule has 0 radical (unpaired) electrons. The molecule has 0 aliphatic carbocycles. The first-order valence-corrected chi connectivity index (χ1v) is 8.47. The van der Waals surface area contributed by atoms with Crippen LogP contribution in [0.4, 0.5) is 5.82 Å². The first kappa shape index (κ1) is 17.5. The highest BCUT2D eigenvalue weighted by atomic mass is 15.3. The number of hydrogen-bond donors (Lipinski definition) is 2. The molecule has 0 amide bonds. The molecule has 23 heavy (non-hydrogen) atoms. The average molecular weight is 318 g/mol. The zero-order chi connectivity index (χ0) is 16.7. The Morgan fingerprint density at radius 2 is 2.04 bits per heavy atom. The topological polar surface area (TPSA) is 69.8 Å². The van der Waals surface area contributed by atoms with Gasteiger partial charge >= 0.3 is 0 Å². The summed E-state index contributed by atoms with van der Waals surface area (Å²) in [5.41, 5.74) is 6.95. The summed E-state index contributed by atoms with van der Waals surface area (Å²) >= 11 is 0. The molecule has 0 atom stereocenters. The normalized spacial score (nSPS) is 16.9. The summed E-state index contributed by atoms with van der Waals surface area (Å²) in [4.78, 5) is 13.6. The number of piperazine rings is 1. The summed E-state index contributed by atoms with van der Waals surface area (Å²) in [6, 6.07) is 4.17. The number of aromatic nitrogens is 1. The zero-order valence-corrected chi connectivity index (χ0v) is 14.6. The fourth-order valence-electron chi connectivity index (χ4n) is 2.45. The van der Waals surface area contributed by atoms with Gasteiger partial charge in [0.05, 0.1) is 6.54 Å². The van der Waals surface area contributed by atoms with E-state index in [9.17, 15) is 0 Å². The van der Waals surface area contributed by atoms with Crippen LogP contribution in [0.1, 0.15) is 25.8 Å². The fourth-order valence-corrected chi connectivity index (χ4v) is 2.45. The van der Waals surface area contributed by atoms with Gasteiger partial charge in [-0.05, 0) is 31.0 Å². The molecule has 1 aromatic heterocycles. The van der Waals surface area contributed by atoms with E-state index in [1.54, 1.807) is 0 Å². The van der Waals surface area contributed by atoms with Gasteiger partial charge in [0.2, 0.25) is 0 Å². The number of hydrogen-bond acceptors (Lipinski definition) is 4. The number of likely N-dealkylation sites (N-methyl/N-ethyl adjacent to an activating group) is 1. The number of anilines is 1. The van der Waals surface area contributed by atoms with Gasteiger partial charge < -0.3 is 20.9 Å². The SMILES string of the molecule is CC(C)CCNC(N)=NCc1ccc(N2CCN(C)CC2)nc1. The van der Waals surface area contributed by atoms with Crippen LogP contribution in [-0.2, 0) is 6.54 Å². The molecule has 6 heteroatoms. The van der Waals surface area contributed by atoms with E-state index >= 15 is 0 Å². The minimum absolute atomic E-state index is 0.508. The van der Waals surface area contributed by atoms with Crippen LogP contribution in [-0.4, -0.2) is 55.6 Å². The van der Waals surface area contributed by atoms with Crippen molar-refractivity contribution in [2.24, 2.45) is 16.6 Å². The minimum atomic E-state index is 0.508. The number of aliphatic imine (C=N–C) groups is 1. The molecule has 0 spiro atoms. The van der Waals surface area contributed by atoms with Gasteiger partial charge in [0.25, 0.3) is 0 Å². The van der Waals surface area contributed by atoms with Crippen LogP contribution in [0.3, 0.4) is 0 Å². The second kappa shape index (κ2) is 8.72. The summed E-state index contributed by atoms with van der Waals surface area (Å²) in [6.07, 6.45) is 3.00. The summed E-state index contributed by atoms with van der Waals surface area (Å²) in [7, 11) is 2.16. The van der Waals surface area contributed by atoms with E-state index in [1.807, 2.05) is 6.20 Å². The number of nitrogens with one attached hydrogen (secondary N) is 1. The van der Waals surface area contributed by atoms with Gasteiger partial charge in [0.15, 0.2) is 5.96 Å². The minimum Gasteiger partial charge on any atom is -0.370 e. The van der Waals surface area contributed by atoms with Gasteiger partial charge in [-0.15, -0.1) is 0 Å². The third-order valence-corrected chi connectivity index (χ3v) is 4.10. The molecule has 0 bridgehead atoms. The van der Waals surface area contributed by atoms with E-state index in [4.69, 9.17) is 5.73 Å². The van der Waals surface area contributed by atoms with E-state index < -0.39 is 0 Å². The van der Waals surface area contributed by atoms with Gasteiger partial charge in [-0.2, -0.15) is 0 Å². The van der Waals surface area contributed by atoms with E-state index in [-0.39, 0.29) is 0 Å². The van der Waals surface area contributed by atoms with Gasteiger partial charge in [-0.1, -0.05) is 19.9 Å². The Kier molecular flexibility index (Phi) is 6.65. The molecule has 0 saturated carbocycles. The van der Waals surface area contributed by atoms with Gasteiger partial charge in [-0.25, -0.2) is 9.98 Å². The van der Waals surface area contributed by atoms with Gasteiger partial charge in [0, 0.05) is 38.9 Å². The monoisotopic (exact) mass is 318 g/mol. The lowest BCUT2D eigenvalue weighted by molar-refractivity contribution is 0.312. The third kappa shape index (κ3) is 6.06. The van der Waals surface area contributed by atoms with Crippen molar-refractivity contribution in [1.29, 1.82) is 0 Å². The van der Waals surface area contributed by atoms with Crippen molar-refractivity contribution < 1.29 is 0 Å². The molecule has 2 heterocycles. The van der Waals surface area contributed by atoms with Crippen molar-refractivity contribution in [1.82, 2.24) is 15.2 Å². The molecular formula is C17H30N6. The lowest BCUT2D eigenvalue weighted by Crippen LogP contribution is -2.44. The third-order valence-electron chi connectivity index (χ3n) is 4.10. The molecule has 2 rings (SSSR count). The summed E-state index contributed by atoms with van der Waals surface area (Å²) in [5, 5.41) is 3.15. The van der Waals surface area contributed by atoms with Crippen LogP contribution in [0.15, 0.2) is 23.3 Å². The molecule has 1 fully saturated rings. The van der Waals surface area contributed by atoms with Gasteiger partial charge in [0.1, 0.15) is 5.82 Å². The van der Waals surface area contributed by atoms with Crippen LogP contribution in [0, 0.1) is 5.92 Å². The maximum absolute atomic E-state index is 5.87. The molecule has 1 saturated heterocycles. The predicted molar refractivity (Wildman–Crippen MR) is 96.7 cm³/mol. The Labute approximate surface area is 139 Å². The maximum Gasteiger partial charge on any atom is 0.188 e. The average Bonchev–Trinajstić information content (AvgIpc) is 2.54. The van der Waals surface area contributed by atoms with Crippen molar-refractivity contribution >= 4 is 11.8 Å². The molecule has 0 aromatic carbocycles. The quantitative estimate of drug-likeness (QED) is 0.611. The molecule has 128 valence electrons. The number of nitrogens with two attached hydrogens (primary N) is 1. The predicted octanol–water partition coefficient (Wildman–Crippen LogP) is 1.28. The highest BCUT2D eigenvalue weighted by Gasteiger charge is 2.14. The summed E-state index contributed by atoms with van der Waals surface area (Å²) in [6.45, 7) is 10.1. The second-order valence-corrected chi connectivity index (χ2v) is 6.63. The molecule has 1 aliphatic rings. The Balaban J connectivity index is 1.80. The standard InChI is InChI=1S/C17H30N6/c1-14(2)6-7-19-17(18)21-13-15-4-5-16(20-12-15)23-10-8-22(3)9-11-23/h4-5,12,14H,6-11,13H2,1-3H3,(H3,18,19,21). The molecule has 1 aromatic rings. The van der Waals surface area contributed by atoms with E-state index in [1.165, 1.54) is 0 Å². The second-order valence-electron chi connectivity index (χ2n) is 6.63. The number of nitrogens with zero attached hydrogens (tertiary/aromatic N) is 4. The molecule has 0 unspecified atom stereocenters. The van der Waals surface area contributed by atoms with E-state index in [0.29, 0.717) is 18.4 Å². The van der Waals surface area contributed by atoms with Crippen molar-refractivity contribution in [2.45, 2.75) is 26.8 Å². The maximum atomic E-state index is 5.87. The van der Waals surface area contributed by atoms with Crippen molar-refractivity contribution in [2.75, 3.05) is 44.7 Å². The van der Waals surface area contributed by atoms with Crippen LogP contribution >= 0.6 is 0 Å². The van der Waals surface area contributed by atoms with Crippen LogP contribution < -0.4 is 16.0 Å². The van der Waals surface area contributed by atoms with Crippen LogP contribution in [0.2, 0.25) is 0 Å². The van der Waals surface area contributed by atoms with E-state index in [2.05, 4.69) is 58.1 Å². The number of pyridine rings is 1. The Bertz CT molecular complexity index is 488. The summed E-state index contributed by atoms with van der Waals surface area (Å²) < 4.78 is 0.